The lowest BCUT2D eigenvalue weighted by Crippen LogP contribution is -2.28. The van der Waals surface area contributed by atoms with Gasteiger partial charge in [0, 0.05) is 18.4 Å². The Balaban J connectivity index is 1.29. The van der Waals surface area contributed by atoms with E-state index >= 15 is 0 Å². The molecular weight excluding hydrogens is 399 g/mol. The van der Waals surface area contributed by atoms with Crippen LogP contribution >= 0.6 is 0 Å². The normalized spacial score (nSPS) is 10.6. The molecule has 0 atom stereocenters. The van der Waals surface area contributed by atoms with Crippen molar-refractivity contribution in [2.75, 3.05) is 13.2 Å². The van der Waals surface area contributed by atoms with Crippen LogP contribution in [-0.2, 0) is 27.2 Å². The van der Waals surface area contributed by atoms with Gasteiger partial charge >= 0.3 is 5.97 Å². The van der Waals surface area contributed by atoms with Gasteiger partial charge in [0.05, 0.1) is 19.2 Å². The molecule has 2 aromatic carbocycles. The molecule has 0 aliphatic heterocycles. The van der Waals surface area contributed by atoms with E-state index in [0.29, 0.717) is 36.5 Å². The van der Waals surface area contributed by atoms with Crippen molar-refractivity contribution in [3.8, 4) is 11.3 Å². The fourth-order valence-corrected chi connectivity index (χ4v) is 2.91. The van der Waals surface area contributed by atoms with Crippen LogP contribution < -0.4 is 5.32 Å². The monoisotopic (exact) mass is 424 g/mol. The van der Waals surface area contributed by atoms with E-state index in [1.54, 1.807) is 18.3 Å². The summed E-state index contributed by atoms with van der Waals surface area (Å²) < 4.78 is 23.7. The third-order valence-electron chi connectivity index (χ3n) is 4.67. The van der Waals surface area contributed by atoms with Crippen LogP contribution in [0.15, 0.2) is 59.1 Å². The van der Waals surface area contributed by atoms with E-state index in [4.69, 9.17) is 9.15 Å². The van der Waals surface area contributed by atoms with Gasteiger partial charge in [-0.3, -0.25) is 9.59 Å². The zero-order chi connectivity index (χ0) is 22.1. The van der Waals surface area contributed by atoms with E-state index in [1.807, 2.05) is 31.2 Å². The Bertz CT molecular complexity index is 997. The molecule has 3 rings (SSSR count). The molecule has 0 fully saturated rings. The van der Waals surface area contributed by atoms with Crippen molar-refractivity contribution < 1.29 is 23.1 Å². The molecule has 1 amide bonds. The van der Waals surface area contributed by atoms with Crippen molar-refractivity contribution in [3.63, 3.8) is 0 Å². The highest BCUT2D eigenvalue weighted by Crippen LogP contribution is 2.21. The Morgan fingerprint density at radius 1 is 1.03 bits per heavy atom. The van der Waals surface area contributed by atoms with E-state index < -0.39 is 5.97 Å². The van der Waals surface area contributed by atoms with E-state index in [1.165, 1.54) is 17.7 Å². The van der Waals surface area contributed by atoms with Gasteiger partial charge in [-0.2, -0.15) is 0 Å². The quantitative estimate of drug-likeness (QED) is 0.393. The van der Waals surface area contributed by atoms with Crippen molar-refractivity contribution in [3.05, 3.63) is 77.6 Å². The maximum Gasteiger partial charge on any atom is 0.306 e. The molecule has 1 heterocycles. The minimum absolute atomic E-state index is 0.0790. The second kappa shape index (κ2) is 11.1. The summed E-state index contributed by atoms with van der Waals surface area (Å²) in [5.74, 6) is 0.117. The first-order valence-electron chi connectivity index (χ1n) is 10.2. The van der Waals surface area contributed by atoms with Gasteiger partial charge in [-0.15, -0.1) is 0 Å². The number of amides is 1. The van der Waals surface area contributed by atoms with E-state index in [0.717, 1.165) is 5.56 Å². The molecule has 1 aromatic heterocycles. The van der Waals surface area contributed by atoms with Crippen LogP contribution in [0, 0.1) is 12.7 Å². The minimum Gasteiger partial charge on any atom is -0.464 e. The van der Waals surface area contributed by atoms with Crippen LogP contribution in [0.4, 0.5) is 4.39 Å². The molecule has 7 heteroatoms. The Hall–Kier alpha value is -3.48. The number of aryl methyl sites for hydroxylation is 3. The topological polar surface area (TPSA) is 81.4 Å². The number of carbonyl (C=O) groups excluding carboxylic acids is 2. The molecule has 1 N–H and O–H groups in total. The van der Waals surface area contributed by atoms with E-state index in [2.05, 4.69) is 10.3 Å². The number of rotatable bonds is 10. The predicted molar refractivity (Wildman–Crippen MR) is 114 cm³/mol. The number of oxazole rings is 1. The number of benzene rings is 2. The van der Waals surface area contributed by atoms with Gasteiger partial charge < -0.3 is 14.5 Å². The standard InChI is InChI=1S/C24H25FN2O4/c1-17-2-4-18(5-3-17)6-11-22(28)26-14-15-30-24(29)13-12-23-27-16-21(31-23)19-7-9-20(25)10-8-19/h2-5,7-10,16H,6,11-15H2,1H3,(H,26,28). The van der Waals surface area contributed by atoms with Gasteiger partial charge in [0.25, 0.3) is 0 Å². The third kappa shape index (κ3) is 7.37. The molecule has 162 valence electrons. The van der Waals surface area contributed by atoms with Crippen LogP contribution in [0.2, 0.25) is 0 Å². The lowest BCUT2D eigenvalue weighted by Gasteiger charge is -2.07. The smallest absolute Gasteiger partial charge is 0.306 e. The maximum absolute atomic E-state index is 13.0. The van der Waals surface area contributed by atoms with Crippen molar-refractivity contribution in [2.45, 2.75) is 32.6 Å². The molecular formula is C24H25FN2O4. The van der Waals surface area contributed by atoms with Crippen LogP contribution in [0.1, 0.15) is 29.9 Å². The Morgan fingerprint density at radius 3 is 2.52 bits per heavy atom. The summed E-state index contributed by atoms with van der Waals surface area (Å²) in [6.07, 6.45) is 3.01. The van der Waals surface area contributed by atoms with Gasteiger partial charge in [0.15, 0.2) is 11.7 Å². The lowest BCUT2D eigenvalue weighted by molar-refractivity contribution is -0.144. The molecule has 0 aliphatic carbocycles. The molecule has 0 unspecified atom stereocenters. The molecule has 0 saturated heterocycles. The fourth-order valence-electron chi connectivity index (χ4n) is 2.91. The molecule has 0 radical (unpaired) electrons. The van der Waals surface area contributed by atoms with Gasteiger partial charge in [0.1, 0.15) is 12.4 Å². The number of esters is 1. The minimum atomic E-state index is -0.393. The second-order valence-corrected chi connectivity index (χ2v) is 7.18. The van der Waals surface area contributed by atoms with Crippen molar-refractivity contribution in [1.82, 2.24) is 10.3 Å². The van der Waals surface area contributed by atoms with Crippen molar-refractivity contribution >= 4 is 11.9 Å². The Morgan fingerprint density at radius 2 is 1.77 bits per heavy atom. The molecule has 0 spiro atoms. The highest BCUT2D eigenvalue weighted by atomic mass is 19.1. The van der Waals surface area contributed by atoms with Gasteiger partial charge in [0.2, 0.25) is 5.91 Å². The number of nitrogens with zero attached hydrogens (tertiary/aromatic N) is 1. The number of hydrogen-bond acceptors (Lipinski definition) is 5. The van der Waals surface area contributed by atoms with Crippen LogP contribution in [0.3, 0.4) is 0 Å². The Kier molecular flexibility index (Phi) is 7.92. The number of carbonyl (C=O) groups is 2. The molecule has 0 bridgehead atoms. The first-order valence-corrected chi connectivity index (χ1v) is 10.2. The van der Waals surface area contributed by atoms with Crippen LogP contribution in [-0.4, -0.2) is 30.0 Å². The molecule has 0 aliphatic rings. The number of nitrogens with one attached hydrogen (secondary N) is 1. The molecule has 6 nitrogen and oxygen atoms in total. The summed E-state index contributed by atoms with van der Waals surface area (Å²) in [4.78, 5) is 27.9. The van der Waals surface area contributed by atoms with Crippen LogP contribution in [0.5, 0.6) is 0 Å². The van der Waals surface area contributed by atoms with Gasteiger partial charge in [-0.05, 0) is 43.2 Å². The van der Waals surface area contributed by atoms with Crippen LogP contribution in [0.25, 0.3) is 11.3 Å². The summed E-state index contributed by atoms with van der Waals surface area (Å²) in [6.45, 7) is 2.40. The number of ether oxygens (including phenoxy) is 1. The molecule has 31 heavy (non-hydrogen) atoms. The largest absolute Gasteiger partial charge is 0.464 e. The third-order valence-corrected chi connectivity index (χ3v) is 4.67. The second-order valence-electron chi connectivity index (χ2n) is 7.18. The average molecular weight is 424 g/mol. The number of halogens is 1. The summed E-state index contributed by atoms with van der Waals surface area (Å²) in [5.41, 5.74) is 3.01. The average Bonchev–Trinajstić information content (AvgIpc) is 3.24. The number of aromatic nitrogens is 1. The summed E-state index contributed by atoms with van der Waals surface area (Å²) >= 11 is 0. The molecule has 3 aromatic rings. The SMILES string of the molecule is Cc1ccc(CCC(=O)NCCOC(=O)CCc2ncc(-c3ccc(F)cc3)o2)cc1. The maximum atomic E-state index is 13.0. The van der Waals surface area contributed by atoms with Gasteiger partial charge in [-0.25, -0.2) is 9.37 Å². The predicted octanol–water partition coefficient (Wildman–Crippen LogP) is 4.01. The first-order chi connectivity index (χ1) is 15.0. The highest BCUT2D eigenvalue weighted by Gasteiger charge is 2.10. The fraction of sp³-hybridized carbons (Fsp3) is 0.292. The summed E-state index contributed by atoms with van der Waals surface area (Å²) in [5, 5.41) is 2.75. The summed E-state index contributed by atoms with van der Waals surface area (Å²) in [6, 6.07) is 14.0. The number of hydrogen-bond donors (Lipinski definition) is 1. The van der Waals surface area contributed by atoms with E-state index in [-0.39, 0.29) is 31.3 Å². The van der Waals surface area contributed by atoms with Gasteiger partial charge in [-0.1, -0.05) is 29.8 Å². The molecule has 0 saturated carbocycles. The zero-order valence-corrected chi connectivity index (χ0v) is 17.4. The lowest BCUT2D eigenvalue weighted by atomic mass is 10.1. The van der Waals surface area contributed by atoms with Crippen molar-refractivity contribution in [2.24, 2.45) is 0 Å². The van der Waals surface area contributed by atoms with Crippen molar-refractivity contribution in [1.29, 1.82) is 0 Å². The first kappa shape index (κ1) is 22.2. The zero-order valence-electron chi connectivity index (χ0n) is 17.4. The Labute approximate surface area is 180 Å². The summed E-state index contributed by atoms with van der Waals surface area (Å²) in [7, 11) is 0. The highest BCUT2D eigenvalue weighted by molar-refractivity contribution is 5.76. The van der Waals surface area contributed by atoms with E-state index in [9.17, 15) is 14.0 Å².